The van der Waals surface area contributed by atoms with Crippen molar-refractivity contribution in [3.63, 3.8) is 0 Å². The van der Waals surface area contributed by atoms with Crippen LogP contribution in [0.5, 0.6) is 0 Å². The van der Waals surface area contributed by atoms with Crippen molar-refractivity contribution in [2.24, 2.45) is 10.9 Å². The van der Waals surface area contributed by atoms with Gasteiger partial charge < -0.3 is 15.4 Å². The monoisotopic (exact) mass is 405 g/mol. The van der Waals surface area contributed by atoms with Gasteiger partial charge in [-0.1, -0.05) is 38.5 Å². The normalized spacial score (nSPS) is 27.1. The summed E-state index contributed by atoms with van der Waals surface area (Å²) in [6.07, 6.45) is 16.8. The van der Waals surface area contributed by atoms with E-state index in [2.05, 4.69) is 10.6 Å². The summed E-state index contributed by atoms with van der Waals surface area (Å²) in [5, 5.41) is 7.53. The minimum Gasteiger partial charge on any atom is -0.460 e. The van der Waals surface area contributed by atoms with Crippen molar-refractivity contribution in [1.82, 2.24) is 10.6 Å². The molecule has 0 unspecified atom stereocenters. The van der Waals surface area contributed by atoms with Gasteiger partial charge in [-0.15, -0.1) is 0 Å². The fourth-order valence-electron chi connectivity index (χ4n) is 5.01. The van der Waals surface area contributed by atoms with Crippen LogP contribution in [0.2, 0.25) is 0 Å². The van der Waals surface area contributed by atoms with Gasteiger partial charge in [-0.05, 0) is 72.1 Å². The number of carbonyl (C=O) groups is 1. The predicted octanol–water partition coefficient (Wildman–Crippen LogP) is 5.09. The first kappa shape index (κ1) is 22.4. The Hall–Kier alpha value is -1.26. The van der Waals surface area contributed by atoms with Crippen molar-refractivity contribution in [3.8, 4) is 0 Å². The first-order valence-corrected chi connectivity index (χ1v) is 12.2. The molecule has 0 aromatic rings. The Morgan fingerprint density at radius 3 is 1.69 bits per heavy atom. The molecule has 0 bridgehead atoms. The largest absolute Gasteiger partial charge is 0.460 e. The number of ether oxygens (including phenoxy) is 1. The van der Waals surface area contributed by atoms with Crippen LogP contribution < -0.4 is 10.6 Å². The van der Waals surface area contributed by atoms with Gasteiger partial charge in [0, 0.05) is 12.1 Å². The molecule has 29 heavy (non-hydrogen) atoms. The van der Waals surface area contributed by atoms with Crippen molar-refractivity contribution in [2.45, 2.75) is 134 Å². The molecule has 166 valence electrons. The zero-order valence-electron chi connectivity index (χ0n) is 19.0. The lowest BCUT2D eigenvalue weighted by Crippen LogP contribution is -2.49. The quantitative estimate of drug-likeness (QED) is 0.389. The lowest BCUT2D eigenvalue weighted by molar-refractivity contribution is -0.161. The Bertz CT molecular complexity index is 513. The molecule has 0 aromatic heterocycles. The van der Waals surface area contributed by atoms with E-state index >= 15 is 0 Å². The van der Waals surface area contributed by atoms with E-state index in [1.807, 2.05) is 20.8 Å². The summed E-state index contributed by atoms with van der Waals surface area (Å²) in [4.78, 5) is 17.5. The van der Waals surface area contributed by atoms with Crippen LogP contribution in [0.25, 0.3) is 0 Å². The van der Waals surface area contributed by atoms with Gasteiger partial charge >= 0.3 is 5.97 Å². The van der Waals surface area contributed by atoms with Gasteiger partial charge in [-0.3, -0.25) is 4.79 Å². The highest BCUT2D eigenvalue weighted by Crippen LogP contribution is 2.29. The second-order valence-corrected chi connectivity index (χ2v) is 10.5. The highest BCUT2D eigenvalue weighted by molar-refractivity contribution is 5.80. The van der Waals surface area contributed by atoms with Crippen molar-refractivity contribution >= 4 is 11.9 Å². The minimum absolute atomic E-state index is 0.0270. The number of hydrogen-bond acceptors (Lipinski definition) is 3. The Morgan fingerprint density at radius 1 is 0.759 bits per heavy atom. The lowest BCUT2D eigenvalue weighted by Gasteiger charge is -2.31. The van der Waals surface area contributed by atoms with E-state index in [0.29, 0.717) is 18.1 Å². The van der Waals surface area contributed by atoms with E-state index in [1.165, 1.54) is 64.2 Å². The van der Waals surface area contributed by atoms with Gasteiger partial charge in [0.25, 0.3) is 0 Å². The summed E-state index contributed by atoms with van der Waals surface area (Å²) in [6, 6.07) is 1.45. The molecule has 5 heteroatoms. The summed E-state index contributed by atoms with van der Waals surface area (Å²) >= 11 is 0. The zero-order chi connectivity index (χ0) is 20.7. The zero-order valence-corrected chi connectivity index (χ0v) is 19.0. The maximum Gasteiger partial charge on any atom is 0.309 e. The van der Waals surface area contributed by atoms with Crippen LogP contribution in [0.4, 0.5) is 0 Å². The van der Waals surface area contributed by atoms with Crippen LogP contribution in [-0.2, 0) is 9.53 Å². The molecule has 0 heterocycles. The lowest BCUT2D eigenvalue weighted by atomic mass is 9.86. The molecular weight excluding hydrogens is 362 g/mol. The van der Waals surface area contributed by atoms with Gasteiger partial charge in [-0.25, -0.2) is 4.99 Å². The van der Waals surface area contributed by atoms with Crippen molar-refractivity contribution in [2.75, 3.05) is 0 Å². The van der Waals surface area contributed by atoms with E-state index in [0.717, 1.165) is 31.6 Å². The maximum absolute atomic E-state index is 12.4. The molecule has 0 aromatic carbocycles. The van der Waals surface area contributed by atoms with Crippen LogP contribution in [0, 0.1) is 5.92 Å². The van der Waals surface area contributed by atoms with E-state index in [-0.39, 0.29) is 11.9 Å². The number of guanidine groups is 1. The highest BCUT2D eigenvalue weighted by atomic mass is 16.6. The molecule has 0 saturated heterocycles. The van der Waals surface area contributed by atoms with Crippen LogP contribution in [-0.4, -0.2) is 35.7 Å². The molecule has 0 aliphatic heterocycles. The van der Waals surface area contributed by atoms with E-state index < -0.39 is 5.60 Å². The van der Waals surface area contributed by atoms with Crippen molar-refractivity contribution in [3.05, 3.63) is 0 Å². The molecule has 5 nitrogen and oxygen atoms in total. The summed E-state index contributed by atoms with van der Waals surface area (Å²) in [5.74, 6) is 1.05. The smallest absolute Gasteiger partial charge is 0.309 e. The highest BCUT2D eigenvalue weighted by Gasteiger charge is 2.30. The Kier molecular flexibility index (Phi) is 8.25. The number of carbonyl (C=O) groups excluding carboxylic acids is 1. The summed E-state index contributed by atoms with van der Waals surface area (Å²) in [6.45, 7) is 5.84. The summed E-state index contributed by atoms with van der Waals surface area (Å²) in [5.41, 5.74) is -0.396. The summed E-state index contributed by atoms with van der Waals surface area (Å²) < 4.78 is 5.60. The van der Waals surface area contributed by atoms with Crippen LogP contribution >= 0.6 is 0 Å². The molecule has 0 amide bonds. The van der Waals surface area contributed by atoms with Gasteiger partial charge in [0.15, 0.2) is 5.96 Å². The van der Waals surface area contributed by atoms with Crippen molar-refractivity contribution in [1.29, 1.82) is 0 Å². The molecule has 2 N–H and O–H groups in total. The van der Waals surface area contributed by atoms with Crippen molar-refractivity contribution < 1.29 is 9.53 Å². The molecule has 0 spiro atoms. The molecule has 0 radical (unpaired) electrons. The molecule has 3 rings (SSSR count). The first-order valence-electron chi connectivity index (χ1n) is 12.2. The standard InChI is InChI=1S/C24H43N3O2/c1-24(2,3)29-22(28)18-14-16-21(17-15-18)27-23(25-19-10-6-4-7-11-19)26-20-12-8-5-9-13-20/h18-21H,4-17H2,1-3H3,(H2,25,26,27). The third-order valence-corrected chi connectivity index (χ3v) is 6.64. The van der Waals surface area contributed by atoms with Gasteiger partial charge in [0.2, 0.25) is 0 Å². The first-order chi connectivity index (χ1) is 13.9. The number of nitrogens with zero attached hydrogens (tertiary/aromatic N) is 1. The van der Waals surface area contributed by atoms with Gasteiger partial charge in [0.05, 0.1) is 12.0 Å². The molecule has 3 aliphatic rings. The Labute approximate surface area is 177 Å². The third-order valence-electron chi connectivity index (χ3n) is 6.64. The topological polar surface area (TPSA) is 62.7 Å². The fourth-order valence-corrected chi connectivity index (χ4v) is 5.01. The Balaban J connectivity index is 1.55. The molecule has 3 saturated carbocycles. The average Bonchev–Trinajstić information content (AvgIpc) is 2.69. The number of hydrogen-bond donors (Lipinski definition) is 2. The summed E-state index contributed by atoms with van der Waals surface area (Å²) in [7, 11) is 0. The number of aliphatic imine (C=N–C) groups is 1. The Morgan fingerprint density at radius 2 is 1.24 bits per heavy atom. The van der Waals surface area contributed by atoms with Gasteiger partial charge in [0.1, 0.15) is 5.60 Å². The molecule has 0 atom stereocenters. The second kappa shape index (κ2) is 10.7. The second-order valence-electron chi connectivity index (χ2n) is 10.5. The molecular formula is C24H43N3O2. The van der Waals surface area contributed by atoms with E-state index in [4.69, 9.17) is 9.73 Å². The van der Waals surface area contributed by atoms with E-state index in [9.17, 15) is 4.79 Å². The average molecular weight is 406 g/mol. The molecule has 3 fully saturated rings. The van der Waals surface area contributed by atoms with Crippen LogP contribution in [0.1, 0.15) is 111 Å². The number of rotatable bonds is 4. The number of esters is 1. The van der Waals surface area contributed by atoms with E-state index in [1.54, 1.807) is 0 Å². The predicted molar refractivity (Wildman–Crippen MR) is 119 cm³/mol. The number of nitrogens with one attached hydrogen (secondary N) is 2. The third kappa shape index (κ3) is 7.82. The van der Waals surface area contributed by atoms with Crippen LogP contribution in [0.15, 0.2) is 4.99 Å². The van der Waals surface area contributed by atoms with Gasteiger partial charge in [-0.2, -0.15) is 0 Å². The minimum atomic E-state index is -0.396. The fraction of sp³-hybridized carbons (Fsp3) is 0.917. The van der Waals surface area contributed by atoms with Crippen LogP contribution in [0.3, 0.4) is 0 Å². The SMILES string of the molecule is CC(C)(C)OC(=O)C1CCC(N=C(NC2CCCCC2)NC2CCCCC2)CC1. The maximum atomic E-state index is 12.4. The molecule has 3 aliphatic carbocycles.